The smallest absolute Gasteiger partial charge is 0.0918 e. The van der Waals surface area contributed by atoms with E-state index < -0.39 is 0 Å². The van der Waals surface area contributed by atoms with Gasteiger partial charge in [0.05, 0.1) is 11.9 Å². The third kappa shape index (κ3) is 2.04. The van der Waals surface area contributed by atoms with Crippen molar-refractivity contribution in [2.45, 2.75) is 13.8 Å². The van der Waals surface area contributed by atoms with Crippen molar-refractivity contribution in [3.8, 4) is 0 Å². The number of aromatic nitrogens is 1. The van der Waals surface area contributed by atoms with Gasteiger partial charge in [-0.2, -0.15) is 0 Å². The predicted molar refractivity (Wildman–Crippen MR) is 43.1 cm³/mol. The summed E-state index contributed by atoms with van der Waals surface area (Å²) < 4.78 is 0. The van der Waals surface area contributed by atoms with Crippen LogP contribution in [0.3, 0.4) is 0 Å². The number of hydrogen-bond acceptors (Lipinski definition) is 3. The summed E-state index contributed by atoms with van der Waals surface area (Å²) in [6.07, 6.45) is 1.32. The van der Waals surface area contributed by atoms with Gasteiger partial charge in [-0.25, -0.2) is 0 Å². The van der Waals surface area contributed by atoms with E-state index in [1.807, 2.05) is 26.0 Å². The van der Waals surface area contributed by atoms with Gasteiger partial charge in [0.2, 0.25) is 0 Å². The SMILES string of the molecule is Cc1cc(C)nc(/C=N\O)c1. The molecular weight excluding hydrogens is 140 g/mol. The number of pyridine rings is 1. The Kier molecular flexibility index (Phi) is 2.21. The molecule has 0 fully saturated rings. The van der Waals surface area contributed by atoms with Crippen LogP contribution in [-0.4, -0.2) is 16.4 Å². The van der Waals surface area contributed by atoms with Gasteiger partial charge in [-0.1, -0.05) is 5.16 Å². The molecule has 0 aromatic carbocycles. The molecule has 3 nitrogen and oxygen atoms in total. The highest BCUT2D eigenvalue weighted by atomic mass is 16.4. The molecule has 58 valence electrons. The van der Waals surface area contributed by atoms with Crippen LogP contribution in [0.15, 0.2) is 17.3 Å². The number of rotatable bonds is 1. The lowest BCUT2D eigenvalue weighted by Gasteiger charge is -1.96. The zero-order chi connectivity index (χ0) is 8.27. The Balaban J connectivity index is 3.08. The van der Waals surface area contributed by atoms with Crippen LogP contribution in [0.4, 0.5) is 0 Å². The maximum absolute atomic E-state index is 8.23. The standard InChI is InChI=1S/C8H10N2O/c1-6-3-7(2)10-8(4-6)5-9-11/h3-5,11H,1-2H3/b9-5-. The Morgan fingerprint density at radius 2 is 2.18 bits per heavy atom. The Bertz CT molecular complexity index is 261. The van der Waals surface area contributed by atoms with Crippen LogP contribution < -0.4 is 0 Å². The van der Waals surface area contributed by atoms with Gasteiger partial charge in [0.1, 0.15) is 0 Å². The second-order valence-electron chi connectivity index (χ2n) is 2.46. The fourth-order valence-corrected chi connectivity index (χ4v) is 0.998. The summed E-state index contributed by atoms with van der Waals surface area (Å²) in [5.74, 6) is 0. The van der Waals surface area contributed by atoms with E-state index in [1.165, 1.54) is 6.21 Å². The first-order valence-corrected chi connectivity index (χ1v) is 3.35. The van der Waals surface area contributed by atoms with Gasteiger partial charge in [-0.15, -0.1) is 0 Å². The molecule has 3 heteroatoms. The number of aryl methyl sites for hydroxylation is 2. The molecule has 0 aliphatic rings. The van der Waals surface area contributed by atoms with Crippen LogP contribution in [-0.2, 0) is 0 Å². The highest BCUT2D eigenvalue weighted by molar-refractivity contribution is 5.76. The van der Waals surface area contributed by atoms with Crippen molar-refractivity contribution < 1.29 is 5.21 Å². The van der Waals surface area contributed by atoms with E-state index in [0.717, 1.165) is 11.3 Å². The minimum absolute atomic E-state index is 0.685. The fourth-order valence-electron chi connectivity index (χ4n) is 0.998. The average molecular weight is 150 g/mol. The molecule has 1 heterocycles. The summed E-state index contributed by atoms with van der Waals surface area (Å²) in [6, 6.07) is 3.82. The fraction of sp³-hybridized carbons (Fsp3) is 0.250. The molecule has 1 N–H and O–H groups in total. The normalized spacial score (nSPS) is 10.7. The zero-order valence-electron chi connectivity index (χ0n) is 6.57. The quantitative estimate of drug-likeness (QED) is 0.374. The van der Waals surface area contributed by atoms with Gasteiger partial charge in [0, 0.05) is 5.69 Å². The van der Waals surface area contributed by atoms with Crippen molar-refractivity contribution in [1.82, 2.24) is 4.98 Å². The third-order valence-corrected chi connectivity index (χ3v) is 1.31. The highest BCUT2D eigenvalue weighted by Gasteiger charge is 1.92. The van der Waals surface area contributed by atoms with Crippen molar-refractivity contribution in [3.05, 3.63) is 29.1 Å². The molecule has 0 saturated carbocycles. The Hall–Kier alpha value is -1.38. The van der Waals surface area contributed by atoms with Crippen LogP contribution >= 0.6 is 0 Å². The second kappa shape index (κ2) is 3.14. The maximum atomic E-state index is 8.23. The molecule has 1 aromatic rings. The summed E-state index contributed by atoms with van der Waals surface area (Å²) >= 11 is 0. The van der Waals surface area contributed by atoms with E-state index in [9.17, 15) is 0 Å². The summed E-state index contributed by atoms with van der Waals surface area (Å²) in [5.41, 5.74) is 2.73. The van der Waals surface area contributed by atoms with Crippen LogP contribution in [0, 0.1) is 13.8 Å². The van der Waals surface area contributed by atoms with Crippen LogP contribution in [0.2, 0.25) is 0 Å². The van der Waals surface area contributed by atoms with Gasteiger partial charge < -0.3 is 5.21 Å². The second-order valence-corrected chi connectivity index (χ2v) is 2.46. The summed E-state index contributed by atoms with van der Waals surface area (Å²) in [6.45, 7) is 3.88. The molecule has 0 radical (unpaired) electrons. The van der Waals surface area contributed by atoms with E-state index in [0.29, 0.717) is 5.69 Å². The third-order valence-electron chi connectivity index (χ3n) is 1.31. The van der Waals surface area contributed by atoms with Gasteiger partial charge in [0.15, 0.2) is 0 Å². The first-order chi connectivity index (χ1) is 5.22. The molecule has 0 unspecified atom stereocenters. The Morgan fingerprint density at radius 1 is 1.45 bits per heavy atom. The van der Waals surface area contributed by atoms with E-state index >= 15 is 0 Å². The first-order valence-electron chi connectivity index (χ1n) is 3.35. The summed E-state index contributed by atoms with van der Waals surface area (Å²) in [4.78, 5) is 4.11. The van der Waals surface area contributed by atoms with Crippen molar-refractivity contribution in [2.24, 2.45) is 5.16 Å². The molecule has 0 amide bonds. The molecule has 11 heavy (non-hydrogen) atoms. The van der Waals surface area contributed by atoms with Crippen molar-refractivity contribution >= 4 is 6.21 Å². The largest absolute Gasteiger partial charge is 0.411 e. The van der Waals surface area contributed by atoms with Gasteiger partial charge in [-0.3, -0.25) is 4.98 Å². The predicted octanol–water partition coefficient (Wildman–Crippen LogP) is 1.51. The molecule has 1 rings (SSSR count). The van der Waals surface area contributed by atoms with E-state index in [2.05, 4.69) is 10.1 Å². The average Bonchev–Trinajstić information content (AvgIpc) is 1.85. The highest BCUT2D eigenvalue weighted by Crippen LogP contribution is 2.01. The lowest BCUT2D eigenvalue weighted by atomic mass is 10.2. The maximum Gasteiger partial charge on any atom is 0.0918 e. The first kappa shape index (κ1) is 7.72. The molecule has 0 aliphatic carbocycles. The van der Waals surface area contributed by atoms with Gasteiger partial charge in [0.25, 0.3) is 0 Å². The van der Waals surface area contributed by atoms with E-state index in [-0.39, 0.29) is 0 Å². The molecule has 0 spiro atoms. The molecular formula is C8H10N2O. The molecule has 0 bridgehead atoms. The monoisotopic (exact) mass is 150 g/mol. The Labute approximate surface area is 65.4 Å². The molecule has 0 aliphatic heterocycles. The Morgan fingerprint density at radius 3 is 2.73 bits per heavy atom. The summed E-state index contributed by atoms with van der Waals surface area (Å²) in [5, 5.41) is 11.1. The lowest BCUT2D eigenvalue weighted by molar-refractivity contribution is 0.321. The topological polar surface area (TPSA) is 45.5 Å². The molecule has 1 aromatic heterocycles. The number of hydrogen-bond donors (Lipinski definition) is 1. The minimum atomic E-state index is 0.685. The van der Waals surface area contributed by atoms with Crippen LogP contribution in [0.1, 0.15) is 17.0 Å². The van der Waals surface area contributed by atoms with E-state index in [1.54, 1.807) is 0 Å². The van der Waals surface area contributed by atoms with Crippen molar-refractivity contribution in [2.75, 3.05) is 0 Å². The van der Waals surface area contributed by atoms with Gasteiger partial charge in [-0.05, 0) is 31.5 Å². The van der Waals surface area contributed by atoms with Crippen LogP contribution in [0.5, 0.6) is 0 Å². The van der Waals surface area contributed by atoms with E-state index in [4.69, 9.17) is 5.21 Å². The zero-order valence-corrected chi connectivity index (χ0v) is 6.57. The van der Waals surface area contributed by atoms with Crippen LogP contribution in [0.25, 0.3) is 0 Å². The summed E-state index contributed by atoms with van der Waals surface area (Å²) in [7, 11) is 0. The minimum Gasteiger partial charge on any atom is -0.411 e. The molecule has 0 atom stereocenters. The lowest BCUT2D eigenvalue weighted by Crippen LogP contribution is -1.91. The van der Waals surface area contributed by atoms with Crippen molar-refractivity contribution in [1.29, 1.82) is 0 Å². The molecule has 0 saturated heterocycles. The van der Waals surface area contributed by atoms with Crippen molar-refractivity contribution in [3.63, 3.8) is 0 Å². The number of nitrogens with zero attached hydrogens (tertiary/aromatic N) is 2. The van der Waals surface area contributed by atoms with Gasteiger partial charge >= 0.3 is 0 Å². The number of oxime groups is 1.